The van der Waals surface area contributed by atoms with Crippen LogP contribution in [-0.4, -0.2) is 10.2 Å². The number of para-hydroxylation sites is 1. The summed E-state index contributed by atoms with van der Waals surface area (Å²) in [5.41, 5.74) is 2.64. The summed E-state index contributed by atoms with van der Waals surface area (Å²) in [5, 5.41) is 24.1. The molecular formula is C24H20F2N2O2. The number of aromatic hydroxyl groups is 2. The van der Waals surface area contributed by atoms with Crippen molar-refractivity contribution in [1.82, 2.24) is 0 Å². The highest BCUT2D eigenvalue weighted by molar-refractivity contribution is 5.61. The summed E-state index contributed by atoms with van der Waals surface area (Å²) in [4.78, 5) is 0. The van der Waals surface area contributed by atoms with Crippen LogP contribution < -0.4 is 10.6 Å². The van der Waals surface area contributed by atoms with E-state index in [1.54, 1.807) is 78.9 Å². The van der Waals surface area contributed by atoms with Crippen LogP contribution in [0.5, 0.6) is 11.5 Å². The summed E-state index contributed by atoms with van der Waals surface area (Å²) in [6.07, 6.45) is 0. The van der Waals surface area contributed by atoms with Gasteiger partial charge in [0.1, 0.15) is 23.1 Å². The monoisotopic (exact) mass is 406 g/mol. The molecule has 0 saturated heterocycles. The Hall–Kier alpha value is -4.06. The van der Waals surface area contributed by atoms with Crippen molar-refractivity contribution in [2.45, 2.75) is 0 Å². The van der Waals surface area contributed by atoms with Gasteiger partial charge in [-0.1, -0.05) is 18.2 Å². The minimum atomic E-state index is -0.300. The Balaban J connectivity index is 0.000000171. The van der Waals surface area contributed by atoms with E-state index in [0.717, 1.165) is 11.4 Å². The standard InChI is InChI=1S/2C12H10FNO/c13-9-2-1-3-11(8-9)14-10-4-6-12(15)7-5-10;13-11-3-1-2-4-12(11)14-9-5-7-10(15)8-6-9/h2*1-8,14-15H. The summed E-state index contributed by atoms with van der Waals surface area (Å²) in [6.45, 7) is 0. The van der Waals surface area contributed by atoms with Gasteiger partial charge in [-0.05, 0) is 78.9 Å². The van der Waals surface area contributed by atoms with Crippen LogP contribution in [0.3, 0.4) is 0 Å². The molecular weight excluding hydrogens is 386 g/mol. The van der Waals surface area contributed by atoms with E-state index in [1.165, 1.54) is 18.2 Å². The Morgan fingerprint density at radius 3 is 1.67 bits per heavy atom. The average Bonchev–Trinajstić information content (AvgIpc) is 2.74. The van der Waals surface area contributed by atoms with Crippen molar-refractivity contribution >= 4 is 22.7 Å². The zero-order valence-electron chi connectivity index (χ0n) is 15.9. The second-order valence-electron chi connectivity index (χ2n) is 6.33. The molecule has 6 heteroatoms. The number of nitrogens with one attached hydrogen (secondary N) is 2. The summed E-state index contributed by atoms with van der Waals surface area (Å²) in [7, 11) is 0. The fraction of sp³-hybridized carbons (Fsp3) is 0. The molecule has 0 aliphatic rings. The van der Waals surface area contributed by atoms with Gasteiger partial charge in [0.25, 0.3) is 0 Å². The Kier molecular flexibility index (Phi) is 6.84. The lowest BCUT2D eigenvalue weighted by atomic mass is 10.2. The summed E-state index contributed by atoms with van der Waals surface area (Å²) in [5.74, 6) is -0.182. The molecule has 0 unspecified atom stereocenters. The van der Waals surface area contributed by atoms with Crippen molar-refractivity contribution in [2.24, 2.45) is 0 Å². The molecule has 30 heavy (non-hydrogen) atoms. The number of phenolic OH excluding ortho intramolecular Hbond substituents is 2. The lowest BCUT2D eigenvalue weighted by molar-refractivity contribution is 0.475. The van der Waals surface area contributed by atoms with Gasteiger partial charge < -0.3 is 20.8 Å². The third kappa shape index (κ3) is 6.24. The summed E-state index contributed by atoms with van der Waals surface area (Å²) < 4.78 is 26.1. The highest BCUT2D eigenvalue weighted by Gasteiger charge is 2.00. The fourth-order valence-corrected chi connectivity index (χ4v) is 2.54. The lowest BCUT2D eigenvalue weighted by Crippen LogP contribution is -1.92. The number of hydrogen-bond donors (Lipinski definition) is 4. The van der Waals surface area contributed by atoms with Gasteiger partial charge in [0.15, 0.2) is 0 Å². The minimum absolute atomic E-state index is 0.189. The van der Waals surface area contributed by atoms with E-state index in [-0.39, 0.29) is 23.1 Å². The maximum atomic E-state index is 13.2. The maximum absolute atomic E-state index is 13.2. The van der Waals surface area contributed by atoms with Gasteiger partial charge >= 0.3 is 0 Å². The fourth-order valence-electron chi connectivity index (χ4n) is 2.54. The van der Waals surface area contributed by atoms with Crippen LogP contribution in [0.2, 0.25) is 0 Å². The van der Waals surface area contributed by atoms with Crippen molar-refractivity contribution in [1.29, 1.82) is 0 Å². The molecule has 0 atom stereocenters. The van der Waals surface area contributed by atoms with E-state index in [0.29, 0.717) is 11.4 Å². The third-order valence-electron chi connectivity index (χ3n) is 4.00. The minimum Gasteiger partial charge on any atom is -0.508 e. The number of benzene rings is 4. The number of anilines is 4. The molecule has 0 radical (unpaired) electrons. The van der Waals surface area contributed by atoms with Gasteiger partial charge in [0.05, 0.1) is 5.69 Å². The van der Waals surface area contributed by atoms with Gasteiger partial charge in [-0.25, -0.2) is 8.78 Å². The van der Waals surface area contributed by atoms with Crippen molar-refractivity contribution in [3.8, 4) is 11.5 Å². The van der Waals surface area contributed by atoms with Crippen LogP contribution in [0, 0.1) is 11.6 Å². The Labute approximate surface area is 173 Å². The maximum Gasteiger partial charge on any atom is 0.146 e. The number of phenols is 2. The average molecular weight is 406 g/mol. The van der Waals surface area contributed by atoms with E-state index >= 15 is 0 Å². The zero-order valence-corrected chi connectivity index (χ0v) is 15.9. The molecule has 4 aromatic carbocycles. The number of rotatable bonds is 4. The Morgan fingerprint density at radius 2 is 1.10 bits per heavy atom. The molecule has 0 fully saturated rings. The zero-order chi connectivity index (χ0) is 21.3. The molecule has 0 bridgehead atoms. The van der Waals surface area contributed by atoms with Crippen LogP contribution in [0.4, 0.5) is 31.5 Å². The summed E-state index contributed by atoms with van der Waals surface area (Å²) >= 11 is 0. The lowest BCUT2D eigenvalue weighted by Gasteiger charge is -2.06. The highest BCUT2D eigenvalue weighted by Crippen LogP contribution is 2.21. The van der Waals surface area contributed by atoms with E-state index in [4.69, 9.17) is 10.2 Å². The first kappa shape index (κ1) is 20.7. The first-order valence-corrected chi connectivity index (χ1v) is 9.12. The predicted molar refractivity (Wildman–Crippen MR) is 116 cm³/mol. The smallest absolute Gasteiger partial charge is 0.146 e. The Bertz CT molecular complexity index is 1080. The summed E-state index contributed by atoms with van der Waals surface area (Å²) in [6, 6.07) is 25.7. The molecule has 4 aromatic rings. The second kappa shape index (κ2) is 9.93. The van der Waals surface area contributed by atoms with Gasteiger partial charge in [-0.15, -0.1) is 0 Å². The van der Waals surface area contributed by atoms with Crippen molar-refractivity contribution in [3.63, 3.8) is 0 Å². The van der Waals surface area contributed by atoms with E-state index < -0.39 is 0 Å². The topological polar surface area (TPSA) is 64.5 Å². The van der Waals surface area contributed by atoms with Crippen LogP contribution in [0.15, 0.2) is 97.1 Å². The molecule has 0 spiro atoms. The van der Waals surface area contributed by atoms with Gasteiger partial charge in [0.2, 0.25) is 0 Å². The quantitative estimate of drug-likeness (QED) is 0.290. The van der Waals surface area contributed by atoms with Crippen LogP contribution in [-0.2, 0) is 0 Å². The molecule has 0 amide bonds. The van der Waals surface area contributed by atoms with Gasteiger partial charge in [-0.2, -0.15) is 0 Å². The predicted octanol–water partition coefficient (Wildman–Crippen LogP) is 6.55. The van der Waals surface area contributed by atoms with E-state index in [2.05, 4.69) is 10.6 Å². The first-order chi connectivity index (χ1) is 14.5. The molecule has 152 valence electrons. The van der Waals surface area contributed by atoms with Crippen LogP contribution in [0.1, 0.15) is 0 Å². The van der Waals surface area contributed by atoms with Crippen molar-refractivity contribution < 1.29 is 19.0 Å². The first-order valence-electron chi connectivity index (χ1n) is 9.12. The third-order valence-corrected chi connectivity index (χ3v) is 4.00. The highest BCUT2D eigenvalue weighted by atomic mass is 19.1. The van der Waals surface area contributed by atoms with E-state index in [1.807, 2.05) is 0 Å². The molecule has 0 aliphatic heterocycles. The SMILES string of the molecule is Oc1ccc(Nc2cccc(F)c2)cc1.Oc1ccc(Nc2ccccc2F)cc1. The van der Waals surface area contributed by atoms with Gasteiger partial charge in [-0.3, -0.25) is 0 Å². The van der Waals surface area contributed by atoms with Crippen molar-refractivity contribution in [2.75, 3.05) is 10.6 Å². The second-order valence-corrected chi connectivity index (χ2v) is 6.33. The van der Waals surface area contributed by atoms with Gasteiger partial charge in [0, 0.05) is 17.1 Å². The van der Waals surface area contributed by atoms with Crippen LogP contribution >= 0.6 is 0 Å². The molecule has 4 nitrogen and oxygen atoms in total. The molecule has 4 N–H and O–H groups in total. The van der Waals surface area contributed by atoms with Crippen LogP contribution in [0.25, 0.3) is 0 Å². The molecule has 0 saturated carbocycles. The Morgan fingerprint density at radius 1 is 0.533 bits per heavy atom. The largest absolute Gasteiger partial charge is 0.508 e. The van der Waals surface area contributed by atoms with E-state index in [9.17, 15) is 8.78 Å². The molecule has 0 aromatic heterocycles. The normalized spacial score (nSPS) is 9.93. The molecule has 4 rings (SSSR count). The number of hydrogen-bond acceptors (Lipinski definition) is 4. The molecule has 0 heterocycles. The van der Waals surface area contributed by atoms with Crippen molar-refractivity contribution in [3.05, 3.63) is 109 Å². The molecule has 0 aliphatic carbocycles. The number of halogens is 2.